The molecule has 3 aromatic rings. The van der Waals surface area contributed by atoms with Crippen LogP contribution in [-0.4, -0.2) is 15.0 Å². The van der Waals surface area contributed by atoms with E-state index in [2.05, 4.69) is 20.4 Å². The summed E-state index contributed by atoms with van der Waals surface area (Å²) in [7, 11) is 0. The van der Waals surface area contributed by atoms with Crippen LogP contribution >= 0.6 is 11.3 Å². The number of hydrogen-bond acceptors (Lipinski definition) is 5. The first-order valence-corrected chi connectivity index (χ1v) is 6.15. The van der Waals surface area contributed by atoms with Gasteiger partial charge < -0.3 is 15.4 Å². The number of hydrazine groups is 1. The van der Waals surface area contributed by atoms with Gasteiger partial charge in [0.1, 0.15) is 10.0 Å². The van der Waals surface area contributed by atoms with E-state index < -0.39 is 0 Å². The van der Waals surface area contributed by atoms with Crippen LogP contribution in [0, 0.1) is 6.92 Å². The van der Waals surface area contributed by atoms with Gasteiger partial charge in [-0.25, -0.2) is 15.6 Å². The summed E-state index contributed by atoms with van der Waals surface area (Å²) in [6, 6.07) is 5.67. The van der Waals surface area contributed by atoms with Crippen LogP contribution in [0.2, 0.25) is 0 Å². The highest BCUT2D eigenvalue weighted by Gasteiger charge is 2.09. The fourth-order valence-corrected chi connectivity index (χ4v) is 2.69. The van der Waals surface area contributed by atoms with Crippen molar-refractivity contribution >= 4 is 27.4 Å². The van der Waals surface area contributed by atoms with E-state index in [-0.39, 0.29) is 5.69 Å². The van der Waals surface area contributed by atoms with E-state index in [0.29, 0.717) is 0 Å². The minimum Gasteiger partial charge on any atom is -0.314 e. The molecule has 2 aromatic heterocycles. The molecule has 0 unspecified atom stereocenters. The molecule has 0 saturated heterocycles. The third-order valence-corrected chi connectivity index (χ3v) is 3.83. The molecule has 18 heavy (non-hydrogen) atoms. The summed E-state index contributed by atoms with van der Waals surface area (Å²) in [6.07, 6.45) is 0. The molecule has 0 amide bonds. The summed E-state index contributed by atoms with van der Waals surface area (Å²) in [5, 5.41) is 1.71. The molecule has 0 bridgehead atoms. The molecule has 5 N–H and O–H groups in total. The lowest BCUT2D eigenvalue weighted by molar-refractivity contribution is 1.21. The van der Waals surface area contributed by atoms with Crippen LogP contribution in [0.4, 0.5) is 5.00 Å². The predicted molar refractivity (Wildman–Crippen MR) is 72.6 cm³/mol. The number of thiazole rings is 1. The Hall–Kier alpha value is -2.12. The Labute approximate surface area is 106 Å². The number of nitrogens with zero attached hydrogens (tertiary/aromatic N) is 1. The van der Waals surface area contributed by atoms with Gasteiger partial charge in [-0.15, -0.1) is 0 Å². The molecule has 0 aliphatic carbocycles. The Balaban J connectivity index is 2.15. The number of rotatable bonds is 2. The SMILES string of the molecule is Cc1nc(-c2ccc3[nH]c(=O)[nH]c3c2)sc1NN. The molecule has 7 heteroatoms. The number of nitrogens with one attached hydrogen (secondary N) is 3. The fraction of sp³-hybridized carbons (Fsp3) is 0.0909. The second kappa shape index (κ2) is 3.97. The number of aryl methyl sites for hydroxylation is 1. The van der Waals surface area contributed by atoms with E-state index in [0.717, 1.165) is 32.3 Å². The van der Waals surface area contributed by atoms with E-state index >= 15 is 0 Å². The van der Waals surface area contributed by atoms with E-state index in [1.54, 1.807) is 0 Å². The van der Waals surface area contributed by atoms with Crippen molar-refractivity contribution in [3.63, 3.8) is 0 Å². The monoisotopic (exact) mass is 261 g/mol. The van der Waals surface area contributed by atoms with E-state index in [1.807, 2.05) is 25.1 Å². The standard InChI is InChI=1S/C11H11N5OS/c1-5-9(16-12)18-10(13-5)6-2-3-7-8(4-6)15-11(17)14-7/h2-4,16H,12H2,1H3,(H2,14,15,17). The summed E-state index contributed by atoms with van der Waals surface area (Å²) in [5.41, 5.74) is 5.78. The van der Waals surface area contributed by atoms with Gasteiger partial charge in [0.15, 0.2) is 0 Å². The molecule has 0 saturated carbocycles. The van der Waals surface area contributed by atoms with Crippen LogP contribution in [0.3, 0.4) is 0 Å². The molecule has 6 nitrogen and oxygen atoms in total. The number of fused-ring (bicyclic) bond motifs is 1. The first-order valence-electron chi connectivity index (χ1n) is 5.34. The van der Waals surface area contributed by atoms with Gasteiger partial charge in [-0.1, -0.05) is 11.3 Å². The van der Waals surface area contributed by atoms with Crippen molar-refractivity contribution in [1.82, 2.24) is 15.0 Å². The summed E-state index contributed by atoms with van der Waals surface area (Å²) in [4.78, 5) is 21.1. The topological polar surface area (TPSA) is 99.6 Å². The quantitative estimate of drug-likeness (QED) is 0.415. The highest BCUT2D eigenvalue weighted by molar-refractivity contribution is 7.19. The number of aromatic nitrogens is 3. The van der Waals surface area contributed by atoms with Crippen LogP contribution in [0.1, 0.15) is 5.69 Å². The van der Waals surface area contributed by atoms with Gasteiger partial charge in [0.05, 0.1) is 16.7 Å². The zero-order chi connectivity index (χ0) is 12.7. The number of aromatic amines is 2. The molecule has 0 fully saturated rings. The molecule has 2 heterocycles. The molecular weight excluding hydrogens is 250 g/mol. The highest BCUT2D eigenvalue weighted by atomic mass is 32.1. The maximum atomic E-state index is 11.2. The van der Waals surface area contributed by atoms with Crippen molar-refractivity contribution < 1.29 is 0 Å². The zero-order valence-electron chi connectivity index (χ0n) is 9.57. The van der Waals surface area contributed by atoms with Crippen molar-refractivity contribution in [2.75, 3.05) is 5.43 Å². The molecular formula is C11H11N5OS. The molecule has 3 rings (SSSR count). The van der Waals surface area contributed by atoms with Crippen LogP contribution < -0.4 is 17.0 Å². The van der Waals surface area contributed by atoms with Crippen molar-refractivity contribution in [2.24, 2.45) is 5.84 Å². The highest BCUT2D eigenvalue weighted by Crippen LogP contribution is 2.31. The molecule has 0 spiro atoms. The lowest BCUT2D eigenvalue weighted by Gasteiger charge is -1.95. The Morgan fingerprint density at radius 2 is 2.11 bits per heavy atom. The Kier molecular flexibility index (Phi) is 2.42. The van der Waals surface area contributed by atoms with Crippen LogP contribution in [0.5, 0.6) is 0 Å². The van der Waals surface area contributed by atoms with Gasteiger partial charge >= 0.3 is 5.69 Å². The minimum atomic E-state index is -0.207. The van der Waals surface area contributed by atoms with Gasteiger partial charge in [0, 0.05) is 5.56 Å². The van der Waals surface area contributed by atoms with Crippen LogP contribution in [0.25, 0.3) is 21.6 Å². The summed E-state index contributed by atoms with van der Waals surface area (Å²) >= 11 is 1.48. The van der Waals surface area contributed by atoms with Crippen molar-refractivity contribution in [3.8, 4) is 10.6 Å². The Morgan fingerprint density at radius 3 is 2.83 bits per heavy atom. The lowest BCUT2D eigenvalue weighted by atomic mass is 10.2. The summed E-state index contributed by atoms with van der Waals surface area (Å²) < 4.78 is 0. The number of anilines is 1. The first-order chi connectivity index (χ1) is 8.67. The Morgan fingerprint density at radius 1 is 1.33 bits per heavy atom. The van der Waals surface area contributed by atoms with Gasteiger partial charge in [-0.3, -0.25) is 0 Å². The molecule has 0 aliphatic heterocycles. The first kappa shape index (κ1) is 11.0. The number of benzene rings is 1. The molecule has 1 aromatic carbocycles. The third kappa shape index (κ3) is 1.69. The van der Waals surface area contributed by atoms with Gasteiger partial charge in [-0.2, -0.15) is 0 Å². The van der Waals surface area contributed by atoms with Crippen molar-refractivity contribution in [1.29, 1.82) is 0 Å². The summed E-state index contributed by atoms with van der Waals surface area (Å²) in [5.74, 6) is 5.40. The predicted octanol–water partition coefficient (Wildman–Crippen LogP) is 1.57. The summed E-state index contributed by atoms with van der Waals surface area (Å²) in [6.45, 7) is 1.89. The molecule has 92 valence electrons. The molecule has 0 radical (unpaired) electrons. The number of H-pyrrole nitrogens is 2. The third-order valence-electron chi connectivity index (χ3n) is 2.69. The zero-order valence-corrected chi connectivity index (χ0v) is 10.4. The fourth-order valence-electron chi connectivity index (χ4n) is 1.82. The average Bonchev–Trinajstić information content (AvgIpc) is 2.89. The minimum absolute atomic E-state index is 0.207. The average molecular weight is 261 g/mol. The van der Waals surface area contributed by atoms with Crippen LogP contribution in [-0.2, 0) is 0 Å². The molecule has 0 aliphatic rings. The largest absolute Gasteiger partial charge is 0.323 e. The maximum Gasteiger partial charge on any atom is 0.323 e. The lowest BCUT2D eigenvalue weighted by Crippen LogP contribution is -2.05. The number of nitrogen functional groups attached to an aromatic ring is 1. The Bertz CT molecular complexity index is 769. The number of hydrogen-bond donors (Lipinski definition) is 4. The van der Waals surface area contributed by atoms with E-state index in [4.69, 9.17) is 5.84 Å². The van der Waals surface area contributed by atoms with E-state index in [1.165, 1.54) is 11.3 Å². The van der Waals surface area contributed by atoms with Gasteiger partial charge in [0.2, 0.25) is 0 Å². The van der Waals surface area contributed by atoms with E-state index in [9.17, 15) is 4.79 Å². The number of nitrogens with two attached hydrogens (primary N) is 1. The van der Waals surface area contributed by atoms with Crippen molar-refractivity contribution in [2.45, 2.75) is 6.92 Å². The maximum absolute atomic E-state index is 11.2. The van der Waals surface area contributed by atoms with Gasteiger partial charge in [-0.05, 0) is 25.1 Å². The second-order valence-corrected chi connectivity index (χ2v) is 4.92. The molecule has 0 atom stereocenters. The number of imidazole rings is 1. The van der Waals surface area contributed by atoms with Gasteiger partial charge in [0.25, 0.3) is 0 Å². The van der Waals surface area contributed by atoms with Crippen LogP contribution in [0.15, 0.2) is 23.0 Å². The smallest absolute Gasteiger partial charge is 0.314 e. The second-order valence-electron chi connectivity index (χ2n) is 3.92. The normalized spacial score (nSPS) is 11.0. The van der Waals surface area contributed by atoms with Crippen molar-refractivity contribution in [3.05, 3.63) is 34.4 Å².